The number of hydrogen-bond acceptors (Lipinski definition) is 2. The lowest BCUT2D eigenvalue weighted by Gasteiger charge is -2.40. The Bertz CT molecular complexity index is 262. The van der Waals surface area contributed by atoms with Crippen molar-refractivity contribution in [1.82, 2.24) is 5.32 Å². The fourth-order valence-electron chi connectivity index (χ4n) is 2.80. The van der Waals surface area contributed by atoms with Crippen molar-refractivity contribution in [2.45, 2.75) is 50.9 Å². The SMILES string of the molecule is CC1CCC(C2NC(=O)C2C2CC2)O1. The van der Waals surface area contributed by atoms with Crippen LogP contribution in [0.1, 0.15) is 32.6 Å². The molecule has 78 valence electrons. The van der Waals surface area contributed by atoms with E-state index in [9.17, 15) is 4.79 Å². The highest BCUT2D eigenvalue weighted by Crippen LogP contribution is 2.44. The predicted octanol–water partition coefficient (Wildman–Crippen LogP) is 1.08. The minimum Gasteiger partial charge on any atom is -0.373 e. The number of ether oxygens (including phenoxy) is 1. The van der Waals surface area contributed by atoms with Crippen LogP contribution in [0, 0.1) is 11.8 Å². The fraction of sp³-hybridized carbons (Fsp3) is 0.909. The van der Waals surface area contributed by atoms with Crippen LogP contribution in [0.25, 0.3) is 0 Å². The molecule has 0 radical (unpaired) electrons. The third-order valence-electron chi connectivity index (χ3n) is 3.79. The maximum absolute atomic E-state index is 11.4. The van der Waals surface area contributed by atoms with Crippen LogP contribution in [0.4, 0.5) is 0 Å². The number of hydrogen-bond donors (Lipinski definition) is 1. The van der Waals surface area contributed by atoms with E-state index in [0.717, 1.165) is 12.8 Å². The van der Waals surface area contributed by atoms with Crippen molar-refractivity contribution < 1.29 is 9.53 Å². The van der Waals surface area contributed by atoms with Gasteiger partial charge in [-0.2, -0.15) is 0 Å². The van der Waals surface area contributed by atoms with Crippen molar-refractivity contribution in [1.29, 1.82) is 0 Å². The van der Waals surface area contributed by atoms with Gasteiger partial charge in [-0.1, -0.05) is 0 Å². The fourth-order valence-corrected chi connectivity index (χ4v) is 2.80. The maximum atomic E-state index is 11.4. The van der Waals surface area contributed by atoms with E-state index in [-0.39, 0.29) is 11.8 Å². The second-order valence-corrected chi connectivity index (χ2v) is 4.96. The molecule has 1 aliphatic carbocycles. The average Bonchev–Trinajstić information content (AvgIpc) is 2.84. The number of carbonyl (C=O) groups excluding carboxylic acids is 1. The van der Waals surface area contributed by atoms with Crippen LogP contribution in [0.15, 0.2) is 0 Å². The van der Waals surface area contributed by atoms with Crippen LogP contribution in [-0.4, -0.2) is 24.2 Å². The van der Waals surface area contributed by atoms with Gasteiger partial charge in [-0.3, -0.25) is 4.79 Å². The van der Waals surface area contributed by atoms with E-state index < -0.39 is 0 Å². The second-order valence-electron chi connectivity index (χ2n) is 4.96. The summed E-state index contributed by atoms with van der Waals surface area (Å²) in [6, 6.07) is 0.333. The van der Waals surface area contributed by atoms with Crippen LogP contribution < -0.4 is 5.32 Å². The van der Waals surface area contributed by atoms with E-state index in [1.807, 2.05) is 0 Å². The summed E-state index contributed by atoms with van der Waals surface area (Å²) in [7, 11) is 0. The summed E-state index contributed by atoms with van der Waals surface area (Å²) in [6.07, 6.45) is 5.45. The van der Waals surface area contributed by atoms with Gasteiger partial charge in [0, 0.05) is 0 Å². The average molecular weight is 195 g/mol. The van der Waals surface area contributed by atoms with Gasteiger partial charge in [-0.25, -0.2) is 0 Å². The molecule has 2 saturated heterocycles. The summed E-state index contributed by atoms with van der Waals surface area (Å²) in [4.78, 5) is 11.4. The summed E-state index contributed by atoms with van der Waals surface area (Å²) < 4.78 is 5.81. The first-order valence-corrected chi connectivity index (χ1v) is 5.71. The molecule has 1 N–H and O–H groups in total. The van der Waals surface area contributed by atoms with Crippen molar-refractivity contribution in [3.8, 4) is 0 Å². The van der Waals surface area contributed by atoms with Gasteiger partial charge in [0.1, 0.15) is 0 Å². The zero-order valence-electron chi connectivity index (χ0n) is 8.53. The van der Waals surface area contributed by atoms with Gasteiger partial charge < -0.3 is 10.1 Å². The Morgan fingerprint density at radius 3 is 2.57 bits per heavy atom. The molecule has 0 aromatic carbocycles. The van der Waals surface area contributed by atoms with Crippen LogP contribution in [0.5, 0.6) is 0 Å². The van der Waals surface area contributed by atoms with Crippen LogP contribution >= 0.6 is 0 Å². The molecule has 3 heteroatoms. The standard InChI is InChI=1S/C11H17NO2/c1-6-2-5-8(14-6)10-9(7-3-4-7)11(13)12-10/h6-10H,2-5H2,1H3,(H,12,13). The van der Waals surface area contributed by atoms with Crippen LogP contribution in [0.2, 0.25) is 0 Å². The molecule has 0 aromatic heterocycles. The van der Waals surface area contributed by atoms with E-state index >= 15 is 0 Å². The molecule has 4 atom stereocenters. The van der Waals surface area contributed by atoms with Crippen LogP contribution in [-0.2, 0) is 9.53 Å². The minimum absolute atomic E-state index is 0.264. The number of amides is 1. The highest BCUT2D eigenvalue weighted by Gasteiger charge is 2.52. The first-order chi connectivity index (χ1) is 6.75. The second kappa shape index (κ2) is 2.96. The lowest BCUT2D eigenvalue weighted by Crippen LogP contribution is -2.64. The number of nitrogens with one attached hydrogen (secondary N) is 1. The Morgan fingerprint density at radius 2 is 2.07 bits per heavy atom. The molecule has 2 aliphatic heterocycles. The summed E-state index contributed by atoms with van der Waals surface area (Å²) in [5.41, 5.74) is 0. The van der Waals surface area contributed by atoms with E-state index in [2.05, 4.69) is 12.2 Å². The normalized spacial score (nSPS) is 47.4. The molecule has 0 aromatic rings. The molecule has 3 nitrogen and oxygen atoms in total. The topological polar surface area (TPSA) is 38.3 Å². The van der Waals surface area contributed by atoms with Crippen molar-refractivity contribution >= 4 is 5.91 Å². The van der Waals surface area contributed by atoms with Gasteiger partial charge in [-0.05, 0) is 38.5 Å². The molecule has 1 amide bonds. The van der Waals surface area contributed by atoms with Gasteiger partial charge in [-0.15, -0.1) is 0 Å². The summed E-state index contributed by atoms with van der Waals surface area (Å²) in [5, 5.41) is 3.01. The lowest BCUT2D eigenvalue weighted by molar-refractivity contribution is -0.141. The van der Waals surface area contributed by atoms with Gasteiger partial charge >= 0.3 is 0 Å². The largest absolute Gasteiger partial charge is 0.373 e. The highest BCUT2D eigenvalue weighted by atomic mass is 16.5. The Morgan fingerprint density at radius 1 is 1.29 bits per heavy atom. The molecule has 2 heterocycles. The van der Waals surface area contributed by atoms with Crippen molar-refractivity contribution in [2.24, 2.45) is 11.8 Å². The molecule has 0 spiro atoms. The molecule has 14 heavy (non-hydrogen) atoms. The van der Waals surface area contributed by atoms with Gasteiger partial charge in [0.25, 0.3) is 0 Å². The Labute approximate surface area is 84.2 Å². The smallest absolute Gasteiger partial charge is 0.225 e. The highest BCUT2D eigenvalue weighted by molar-refractivity contribution is 5.86. The number of rotatable bonds is 2. The summed E-state index contributed by atoms with van der Waals surface area (Å²) >= 11 is 0. The monoisotopic (exact) mass is 195 g/mol. The quantitative estimate of drug-likeness (QED) is 0.669. The molecular weight excluding hydrogens is 178 g/mol. The van der Waals surface area contributed by atoms with Crippen molar-refractivity contribution in [2.75, 3.05) is 0 Å². The zero-order valence-corrected chi connectivity index (χ0v) is 8.53. The molecule has 3 fully saturated rings. The van der Waals surface area contributed by atoms with Gasteiger partial charge in [0.05, 0.1) is 24.2 Å². The number of β-lactam (4-membered cyclic amide) rings is 1. The Kier molecular flexibility index (Phi) is 1.84. The summed E-state index contributed by atoms with van der Waals surface area (Å²) in [6.45, 7) is 2.12. The van der Waals surface area contributed by atoms with E-state index in [1.165, 1.54) is 12.8 Å². The maximum Gasteiger partial charge on any atom is 0.225 e. The third kappa shape index (κ3) is 1.26. The Hall–Kier alpha value is -0.570. The molecular formula is C11H17NO2. The predicted molar refractivity (Wildman–Crippen MR) is 51.7 cm³/mol. The first-order valence-electron chi connectivity index (χ1n) is 5.71. The summed E-state index contributed by atoms with van der Waals surface area (Å²) in [5.74, 6) is 1.22. The van der Waals surface area contributed by atoms with Crippen molar-refractivity contribution in [3.63, 3.8) is 0 Å². The molecule has 4 unspecified atom stereocenters. The van der Waals surface area contributed by atoms with Gasteiger partial charge in [0.15, 0.2) is 0 Å². The third-order valence-corrected chi connectivity index (χ3v) is 3.79. The van der Waals surface area contributed by atoms with Crippen molar-refractivity contribution in [3.05, 3.63) is 0 Å². The number of carbonyl (C=O) groups is 1. The van der Waals surface area contributed by atoms with E-state index in [4.69, 9.17) is 4.74 Å². The lowest BCUT2D eigenvalue weighted by atomic mass is 9.82. The molecule has 3 aliphatic rings. The Balaban J connectivity index is 1.65. The zero-order chi connectivity index (χ0) is 9.71. The molecule has 3 rings (SSSR count). The van der Waals surface area contributed by atoms with E-state index in [0.29, 0.717) is 24.2 Å². The van der Waals surface area contributed by atoms with Gasteiger partial charge in [0.2, 0.25) is 5.91 Å². The minimum atomic E-state index is 0.264. The molecule has 1 saturated carbocycles. The van der Waals surface area contributed by atoms with E-state index in [1.54, 1.807) is 0 Å². The molecule has 0 bridgehead atoms. The van der Waals surface area contributed by atoms with Crippen LogP contribution in [0.3, 0.4) is 0 Å². The first kappa shape index (κ1) is 8.72.